The minimum atomic E-state index is 0.605. The van der Waals surface area contributed by atoms with Gasteiger partial charge in [0, 0.05) is 21.7 Å². The normalized spacial score (nSPS) is 13.1. The third-order valence-corrected chi connectivity index (χ3v) is 4.79. The number of rotatable bonds is 6. The van der Waals surface area contributed by atoms with Gasteiger partial charge in [-0.1, -0.05) is 45.4 Å². The predicted octanol–water partition coefficient (Wildman–Crippen LogP) is 4.59. The van der Waals surface area contributed by atoms with Crippen LogP contribution in [0.1, 0.15) is 33.3 Å². The van der Waals surface area contributed by atoms with Crippen LogP contribution in [0.25, 0.3) is 0 Å². The summed E-state index contributed by atoms with van der Waals surface area (Å²) in [4.78, 5) is 1.31. The van der Waals surface area contributed by atoms with E-state index < -0.39 is 0 Å². The average molecular weight is 272 g/mol. The van der Waals surface area contributed by atoms with E-state index in [0.29, 0.717) is 11.2 Å². The highest BCUT2D eigenvalue weighted by Gasteiger charge is 2.13. The lowest BCUT2D eigenvalue weighted by molar-refractivity contribution is 0.641. The minimum absolute atomic E-state index is 0.605. The second-order valence-corrected chi connectivity index (χ2v) is 6.39. The highest BCUT2D eigenvalue weighted by atomic mass is 35.5. The molecule has 0 aliphatic rings. The zero-order valence-electron chi connectivity index (χ0n) is 11.1. The van der Waals surface area contributed by atoms with Crippen LogP contribution in [0, 0.1) is 5.92 Å². The zero-order chi connectivity index (χ0) is 12.8. The molecule has 0 heterocycles. The van der Waals surface area contributed by atoms with Crippen LogP contribution in [0.15, 0.2) is 23.1 Å². The van der Waals surface area contributed by atoms with Crippen molar-refractivity contribution in [2.24, 2.45) is 5.92 Å². The Kier molecular flexibility index (Phi) is 6.39. The predicted molar refractivity (Wildman–Crippen MR) is 79.0 cm³/mol. The molecule has 0 saturated heterocycles. The van der Waals surface area contributed by atoms with E-state index in [4.69, 9.17) is 11.6 Å². The monoisotopic (exact) mass is 271 g/mol. The lowest BCUT2D eigenvalue weighted by Gasteiger charge is -2.18. The van der Waals surface area contributed by atoms with Crippen LogP contribution in [0.2, 0.25) is 5.02 Å². The standard InChI is InChI=1S/C14H22ClNS/c1-5-16-9-12-13(15)7-6-8-14(12)17-11(4)10(2)3/h6-8,10-11,16H,5,9H2,1-4H3. The Balaban J connectivity index is 2.86. The van der Waals surface area contributed by atoms with Gasteiger partial charge in [0.1, 0.15) is 0 Å². The van der Waals surface area contributed by atoms with E-state index in [1.165, 1.54) is 10.5 Å². The second-order valence-electron chi connectivity index (χ2n) is 4.56. The molecule has 0 saturated carbocycles. The van der Waals surface area contributed by atoms with Crippen molar-refractivity contribution in [2.75, 3.05) is 6.54 Å². The van der Waals surface area contributed by atoms with Crippen LogP contribution in [-0.4, -0.2) is 11.8 Å². The molecule has 0 aliphatic heterocycles. The first-order valence-corrected chi connectivity index (χ1v) is 7.46. The molecule has 0 bridgehead atoms. The van der Waals surface area contributed by atoms with E-state index in [1.54, 1.807) is 0 Å². The molecule has 1 nitrogen and oxygen atoms in total. The summed E-state index contributed by atoms with van der Waals surface area (Å²) in [5.41, 5.74) is 1.23. The number of benzene rings is 1. The van der Waals surface area contributed by atoms with E-state index in [1.807, 2.05) is 23.9 Å². The Bertz CT molecular complexity index is 352. The van der Waals surface area contributed by atoms with Crippen molar-refractivity contribution in [3.8, 4) is 0 Å². The second kappa shape index (κ2) is 7.30. The van der Waals surface area contributed by atoms with Crippen molar-refractivity contribution >= 4 is 23.4 Å². The van der Waals surface area contributed by atoms with Gasteiger partial charge in [0.15, 0.2) is 0 Å². The van der Waals surface area contributed by atoms with Gasteiger partial charge >= 0.3 is 0 Å². The molecule has 1 rings (SSSR count). The van der Waals surface area contributed by atoms with Crippen molar-refractivity contribution in [1.82, 2.24) is 5.32 Å². The van der Waals surface area contributed by atoms with Gasteiger partial charge in [-0.15, -0.1) is 11.8 Å². The van der Waals surface area contributed by atoms with E-state index in [9.17, 15) is 0 Å². The van der Waals surface area contributed by atoms with Gasteiger partial charge in [-0.3, -0.25) is 0 Å². The number of halogens is 1. The molecule has 0 fully saturated rings. The fraction of sp³-hybridized carbons (Fsp3) is 0.571. The highest BCUT2D eigenvalue weighted by Crippen LogP contribution is 2.33. The Labute approximate surface area is 114 Å². The maximum absolute atomic E-state index is 6.27. The summed E-state index contributed by atoms with van der Waals surface area (Å²) in [6.07, 6.45) is 0. The van der Waals surface area contributed by atoms with E-state index in [2.05, 4.69) is 39.1 Å². The smallest absolute Gasteiger partial charge is 0.0462 e. The molecule has 17 heavy (non-hydrogen) atoms. The largest absolute Gasteiger partial charge is 0.313 e. The molecule has 1 N–H and O–H groups in total. The molecule has 96 valence electrons. The molecular formula is C14H22ClNS. The maximum atomic E-state index is 6.27. The van der Waals surface area contributed by atoms with Gasteiger partial charge in [0.05, 0.1) is 0 Å². The van der Waals surface area contributed by atoms with Crippen molar-refractivity contribution in [2.45, 2.75) is 44.4 Å². The summed E-state index contributed by atoms with van der Waals surface area (Å²) in [5, 5.41) is 4.82. The number of hydrogen-bond acceptors (Lipinski definition) is 2. The molecule has 0 amide bonds. The number of nitrogens with one attached hydrogen (secondary N) is 1. The molecule has 0 radical (unpaired) electrons. The lowest BCUT2D eigenvalue weighted by Crippen LogP contribution is -2.14. The third kappa shape index (κ3) is 4.53. The molecule has 0 aliphatic carbocycles. The molecule has 1 atom stereocenters. The first kappa shape index (κ1) is 14.9. The quantitative estimate of drug-likeness (QED) is 0.760. The first-order valence-electron chi connectivity index (χ1n) is 6.21. The SMILES string of the molecule is CCNCc1c(Cl)cccc1SC(C)C(C)C. The molecular weight excluding hydrogens is 250 g/mol. The Morgan fingerprint density at radius 2 is 2.00 bits per heavy atom. The Morgan fingerprint density at radius 3 is 2.59 bits per heavy atom. The van der Waals surface area contributed by atoms with Crippen LogP contribution < -0.4 is 5.32 Å². The van der Waals surface area contributed by atoms with Gasteiger partial charge in [-0.25, -0.2) is 0 Å². The van der Waals surface area contributed by atoms with Crippen LogP contribution >= 0.6 is 23.4 Å². The zero-order valence-corrected chi connectivity index (χ0v) is 12.7. The van der Waals surface area contributed by atoms with Gasteiger partial charge in [0.2, 0.25) is 0 Å². The summed E-state index contributed by atoms with van der Waals surface area (Å²) in [7, 11) is 0. The van der Waals surface area contributed by atoms with E-state index in [0.717, 1.165) is 18.1 Å². The van der Waals surface area contributed by atoms with E-state index in [-0.39, 0.29) is 0 Å². The summed E-state index contributed by atoms with van der Waals surface area (Å²) in [6, 6.07) is 6.17. The van der Waals surface area contributed by atoms with Crippen molar-refractivity contribution in [3.05, 3.63) is 28.8 Å². The average Bonchev–Trinajstić information content (AvgIpc) is 2.28. The molecule has 1 aromatic rings. The summed E-state index contributed by atoms with van der Waals surface area (Å²) in [6.45, 7) is 10.7. The van der Waals surface area contributed by atoms with Gasteiger partial charge in [-0.05, 0) is 30.2 Å². The van der Waals surface area contributed by atoms with E-state index >= 15 is 0 Å². The maximum Gasteiger partial charge on any atom is 0.0462 e. The molecule has 0 aromatic heterocycles. The fourth-order valence-corrected chi connectivity index (χ4v) is 2.86. The van der Waals surface area contributed by atoms with Gasteiger partial charge < -0.3 is 5.32 Å². The Morgan fingerprint density at radius 1 is 1.29 bits per heavy atom. The van der Waals surface area contributed by atoms with Gasteiger partial charge in [-0.2, -0.15) is 0 Å². The van der Waals surface area contributed by atoms with Crippen molar-refractivity contribution in [3.63, 3.8) is 0 Å². The Hall–Kier alpha value is -0.180. The van der Waals surface area contributed by atoms with Crippen LogP contribution in [0.5, 0.6) is 0 Å². The number of hydrogen-bond donors (Lipinski definition) is 1. The van der Waals surface area contributed by atoms with Gasteiger partial charge in [0.25, 0.3) is 0 Å². The summed E-state index contributed by atoms with van der Waals surface area (Å²) in [5.74, 6) is 0.672. The highest BCUT2D eigenvalue weighted by molar-refractivity contribution is 8.00. The third-order valence-electron chi connectivity index (χ3n) is 2.88. The molecule has 1 aromatic carbocycles. The molecule has 3 heteroatoms. The van der Waals surface area contributed by atoms with Crippen molar-refractivity contribution < 1.29 is 0 Å². The van der Waals surface area contributed by atoms with Crippen LogP contribution in [0.4, 0.5) is 0 Å². The lowest BCUT2D eigenvalue weighted by atomic mass is 10.2. The number of thioether (sulfide) groups is 1. The van der Waals surface area contributed by atoms with Crippen LogP contribution in [-0.2, 0) is 6.54 Å². The first-order chi connectivity index (χ1) is 8.06. The minimum Gasteiger partial charge on any atom is -0.313 e. The molecule has 0 spiro atoms. The van der Waals surface area contributed by atoms with Crippen LogP contribution in [0.3, 0.4) is 0 Å². The fourth-order valence-electron chi connectivity index (χ4n) is 1.41. The topological polar surface area (TPSA) is 12.0 Å². The van der Waals surface area contributed by atoms with Crippen molar-refractivity contribution in [1.29, 1.82) is 0 Å². The summed E-state index contributed by atoms with van der Waals surface area (Å²) < 4.78 is 0. The molecule has 1 unspecified atom stereocenters. The summed E-state index contributed by atoms with van der Waals surface area (Å²) >= 11 is 8.19.